The summed E-state index contributed by atoms with van der Waals surface area (Å²) >= 11 is 0. The van der Waals surface area contributed by atoms with Crippen LogP contribution in [0.25, 0.3) is 11.1 Å². The van der Waals surface area contributed by atoms with Gasteiger partial charge in [-0.3, -0.25) is 0 Å². The topological polar surface area (TPSA) is 18.5 Å². The second kappa shape index (κ2) is 6.17. The molecule has 0 atom stereocenters. The molecule has 0 N–H and O–H groups in total. The van der Waals surface area contributed by atoms with Crippen LogP contribution in [-0.2, 0) is 0 Å². The zero-order valence-corrected chi connectivity index (χ0v) is 10.7. The molecule has 2 nitrogen and oxygen atoms in total. The second-order valence-electron chi connectivity index (χ2n) is 4.07. The van der Waals surface area contributed by atoms with E-state index in [1.54, 1.807) is 0 Å². The fraction of sp³-hybridized carbons (Fsp3) is 0.143. The summed E-state index contributed by atoms with van der Waals surface area (Å²) in [6, 6.07) is 7.83. The van der Waals surface area contributed by atoms with Crippen molar-refractivity contribution in [1.82, 2.24) is 0 Å². The van der Waals surface area contributed by atoms with Gasteiger partial charge in [0, 0.05) is 5.56 Å². The van der Waals surface area contributed by atoms with Crippen LogP contribution in [0, 0.1) is 5.82 Å². The molecule has 0 heterocycles. The van der Waals surface area contributed by atoms with Crippen LogP contribution in [0.2, 0.25) is 0 Å². The lowest BCUT2D eigenvalue weighted by atomic mass is 10.0. The summed E-state index contributed by atoms with van der Waals surface area (Å²) in [5.41, 5.74) is 0.184. The molecule has 0 radical (unpaired) electrons. The molecule has 0 aliphatic rings. The number of rotatable bonds is 4. The van der Waals surface area contributed by atoms with Gasteiger partial charge < -0.3 is 9.47 Å². The number of halogens is 6. The number of ether oxygens (including phenoxy) is 2. The average molecular weight is 322 g/mol. The first-order valence-electron chi connectivity index (χ1n) is 5.86. The normalized spacial score (nSPS) is 11.6. The summed E-state index contributed by atoms with van der Waals surface area (Å²) in [6.45, 7) is -3.23. The quantitative estimate of drug-likeness (QED) is 0.738. The van der Waals surface area contributed by atoms with Crippen LogP contribution in [-0.4, -0.2) is 13.0 Å². The van der Waals surface area contributed by atoms with Crippen molar-refractivity contribution < 1.29 is 35.8 Å². The van der Waals surface area contributed by atoms with E-state index in [0.717, 1.165) is 18.2 Å². The highest BCUT2D eigenvalue weighted by molar-refractivity contribution is 5.71. The Morgan fingerprint density at radius 2 is 1.55 bits per heavy atom. The summed E-state index contributed by atoms with van der Waals surface area (Å²) < 4.78 is 82.1. The number of alkyl halides is 5. The van der Waals surface area contributed by atoms with E-state index in [2.05, 4.69) is 9.47 Å². The lowest BCUT2D eigenvalue weighted by Crippen LogP contribution is -2.16. The lowest BCUT2D eigenvalue weighted by Gasteiger charge is -2.13. The lowest BCUT2D eigenvalue weighted by molar-refractivity contribution is -0.274. The van der Waals surface area contributed by atoms with Gasteiger partial charge in [0.2, 0.25) is 0 Å². The van der Waals surface area contributed by atoms with E-state index < -0.39 is 30.3 Å². The molecule has 0 saturated heterocycles. The third-order valence-corrected chi connectivity index (χ3v) is 2.57. The van der Waals surface area contributed by atoms with E-state index in [4.69, 9.17) is 0 Å². The Morgan fingerprint density at radius 3 is 2.09 bits per heavy atom. The molecule has 0 aromatic heterocycles. The molecule has 0 aliphatic heterocycles. The van der Waals surface area contributed by atoms with Gasteiger partial charge in [-0.1, -0.05) is 24.3 Å². The van der Waals surface area contributed by atoms with Crippen LogP contribution in [0.15, 0.2) is 42.5 Å². The van der Waals surface area contributed by atoms with Crippen molar-refractivity contribution >= 4 is 0 Å². The van der Waals surface area contributed by atoms with Crippen LogP contribution < -0.4 is 9.47 Å². The van der Waals surface area contributed by atoms with E-state index in [1.807, 2.05) is 0 Å². The van der Waals surface area contributed by atoms with Gasteiger partial charge in [0.1, 0.15) is 5.75 Å². The van der Waals surface area contributed by atoms with Crippen molar-refractivity contribution in [2.75, 3.05) is 0 Å². The predicted molar refractivity (Wildman–Crippen MR) is 65.2 cm³/mol. The predicted octanol–water partition coefficient (Wildman–Crippen LogP) is 4.99. The monoisotopic (exact) mass is 322 g/mol. The van der Waals surface area contributed by atoms with Gasteiger partial charge >= 0.3 is 13.0 Å². The Balaban J connectivity index is 2.34. The minimum atomic E-state index is -4.84. The van der Waals surface area contributed by atoms with Crippen molar-refractivity contribution in [2.24, 2.45) is 0 Å². The van der Waals surface area contributed by atoms with Crippen LogP contribution in [0.5, 0.6) is 11.5 Å². The fourth-order valence-corrected chi connectivity index (χ4v) is 1.78. The third kappa shape index (κ3) is 4.06. The SMILES string of the molecule is Fc1cccc(-c2ccc(OC(F)(F)F)cc2)c1OC(F)F. The summed E-state index contributed by atoms with van der Waals surface area (Å²) in [7, 11) is 0. The minimum Gasteiger partial charge on any atom is -0.431 e. The highest BCUT2D eigenvalue weighted by atomic mass is 19.4. The van der Waals surface area contributed by atoms with Crippen LogP contribution >= 0.6 is 0 Å². The number of benzene rings is 2. The van der Waals surface area contributed by atoms with Gasteiger partial charge in [-0.05, 0) is 23.8 Å². The molecule has 2 rings (SSSR count). The molecular formula is C14H8F6O2. The molecular weight excluding hydrogens is 314 g/mol. The van der Waals surface area contributed by atoms with Crippen LogP contribution in [0.3, 0.4) is 0 Å². The van der Waals surface area contributed by atoms with Gasteiger partial charge in [0.25, 0.3) is 0 Å². The summed E-state index contributed by atoms with van der Waals surface area (Å²) in [4.78, 5) is 0. The zero-order chi connectivity index (χ0) is 16.3. The number of hydrogen-bond acceptors (Lipinski definition) is 2. The largest absolute Gasteiger partial charge is 0.573 e. The molecule has 118 valence electrons. The van der Waals surface area contributed by atoms with Gasteiger partial charge in [-0.2, -0.15) is 8.78 Å². The van der Waals surface area contributed by atoms with Crippen molar-refractivity contribution in [2.45, 2.75) is 13.0 Å². The van der Waals surface area contributed by atoms with E-state index in [9.17, 15) is 26.3 Å². The Hall–Kier alpha value is -2.38. The molecule has 0 fully saturated rings. The maximum absolute atomic E-state index is 13.6. The van der Waals surface area contributed by atoms with Crippen molar-refractivity contribution in [3.63, 3.8) is 0 Å². The average Bonchev–Trinajstić information content (AvgIpc) is 2.40. The molecule has 0 spiro atoms. The van der Waals surface area contributed by atoms with Gasteiger partial charge in [0.05, 0.1) is 0 Å². The van der Waals surface area contributed by atoms with Crippen LogP contribution in [0.1, 0.15) is 0 Å². The number of hydrogen-bond donors (Lipinski definition) is 0. The van der Waals surface area contributed by atoms with Crippen LogP contribution in [0.4, 0.5) is 26.3 Å². The first kappa shape index (κ1) is 16.0. The second-order valence-corrected chi connectivity index (χ2v) is 4.07. The summed E-state index contributed by atoms with van der Waals surface area (Å²) in [5.74, 6) is -2.17. The standard InChI is InChI=1S/C14H8F6O2/c15-11-3-1-2-10(12(11)21-13(16)17)8-4-6-9(7-5-8)22-14(18,19)20/h1-7,13H. The third-order valence-electron chi connectivity index (χ3n) is 2.57. The number of para-hydroxylation sites is 1. The molecule has 0 aliphatic carbocycles. The molecule has 2 aromatic carbocycles. The van der Waals surface area contributed by atoms with Crippen molar-refractivity contribution in [1.29, 1.82) is 0 Å². The van der Waals surface area contributed by atoms with Gasteiger partial charge in [-0.15, -0.1) is 13.2 Å². The summed E-state index contributed by atoms with van der Waals surface area (Å²) in [6.07, 6.45) is -4.84. The molecule has 0 unspecified atom stereocenters. The van der Waals surface area contributed by atoms with Gasteiger partial charge in [0.15, 0.2) is 11.6 Å². The first-order chi connectivity index (χ1) is 10.3. The highest BCUT2D eigenvalue weighted by Crippen LogP contribution is 2.34. The Bertz CT molecular complexity index is 637. The van der Waals surface area contributed by atoms with E-state index in [-0.39, 0.29) is 11.1 Å². The van der Waals surface area contributed by atoms with E-state index in [0.29, 0.717) is 0 Å². The molecule has 0 bridgehead atoms. The minimum absolute atomic E-state index is 0.0149. The molecule has 2 aromatic rings. The fourth-order valence-electron chi connectivity index (χ4n) is 1.78. The highest BCUT2D eigenvalue weighted by Gasteiger charge is 2.31. The molecule has 0 saturated carbocycles. The Kier molecular flexibility index (Phi) is 4.48. The van der Waals surface area contributed by atoms with E-state index >= 15 is 0 Å². The zero-order valence-electron chi connectivity index (χ0n) is 10.7. The first-order valence-corrected chi connectivity index (χ1v) is 5.86. The molecule has 8 heteroatoms. The van der Waals surface area contributed by atoms with E-state index in [1.165, 1.54) is 24.3 Å². The van der Waals surface area contributed by atoms with Gasteiger partial charge in [-0.25, -0.2) is 4.39 Å². The Labute approximate surface area is 120 Å². The smallest absolute Gasteiger partial charge is 0.431 e. The molecule has 0 amide bonds. The van der Waals surface area contributed by atoms with Crippen molar-refractivity contribution in [3.8, 4) is 22.6 Å². The Morgan fingerprint density at radius 1 is 0.909 bits per heavy atom. The molecule has 22 heavy (non-hydrogen) atoms. The van der Waals surface area contributed by atoms with Crippen molar-refractivity contribution in [3.05, 3.63) is 48.3 Å². The maximum atomic E-state index is 13.6. The maximum Gasteiger partial charge on any atom is 0.573 e. The summed E-state index contributed by atoms with van der Waals surface area (Å²) in [5, 5.41) is 0.